The second-order valence-corrected chi connectivity index (χ2v) is 12.8. The Kier molecular flexibility index (Phi) is 10.2. The van der Waals surface area contributed by atoms with Crippen LogP contribution in [-0.2, 0) is 35.2 Å². The number of allylic oxidation sites excluding steroid dienone is 1. The van der Waals surface area contributed by atoms with E-state index in [9.17, 15) is 40.7 Å². The number of anilines is 3. The number of amides is 1. The third kappa shape index (κ3) is 7.55. The lowest BCUT2D eigenvalue weighted by Gasteiger charge is -2.37. The lowest BCUT2D eigenvalue weighted by Crippen LogP contribution is -2.50. The number of halogens is 7. The van der Waals surface area contributed by atoms with Crippen LogP contribution in [0.3, 0.4) is 0 Å². The molecule has 1 aliphatic carbocycles. The zero-order valence-corrected chi connectivity index (χ0v) is 28.7. The number of ether oxygens (including phenoxy) is 1. The predicted octanol–water partition coefficient (Wildman–Crippen LogP) is 4.73. The lowest BCUT2D eigenvalue weighted by atomic mass is 9.97. The van der Waals surface area contributed by atoms with Gasteiger partial charge in [-0.15, -0.1) is 5.10 Å². The molecular weight excluding hydrogens is 724 g/mol. The van der Waals surface area contributed by atoms with Crippen molar-refractivity contribution in [3.63, 3.8) is 0 Å². The molecule has 1 amide bonds. The molecule has 0 spiro atoms. The number of nitrogens with one attached hydrogen (secondary N) is 2. The van der Waals surface area contributed by atoms with E-state index in [1.165, 1.54) is 10.8 Å². The number of nitrogens with zero attached hydrogens (tertiary/aromatic N) is 7. The highest BCUT2D eigenvalue weighted by Crippen LogP contribution is 2.34. The van der Waals surface area contributed by atoms with Crippen LogP contribution in [0.25, 0.3) is 11.4 Å². The third-order valence-electron chi connectivity index (χ3n) is 9.11. The minimum absolute atomic E-state index is 0.0252. The van der Waals surface area contributed by atoms with Crippen LogP contribution in [0, 0.1) is 0 Å². The molecule has 0 radical (unpaired) electrons. The topological polar surface area (TPSA) is 135 Å². The summed E-state index contributed by atoms with van der Waals surface area (Å²) in [5.74, 6) is -0.303. The van der Waals surface area contributed by atoms with Gasteiger partial charge in [0.1, 0.15) is 24.5 Å². The number of piperazine rings is 1. The molecule has 4 heterocycles. The number of aromatic amines is 1. The van der Waals surface area contributed by atoms with E-state index in [4.69, 9.17) is 16.3 Å². The molecule has 3 aromatic heterocycles. The van der Waals surface area contributed by atoms with Crippen molar-refractivity contribution in [1.29, 1.82) is 0 Å². The highest BCUT2D eigenvalue weighted by Gasteiger charge is 2.33. The van der Waals surface area contributed by atoms with Gasteiger partial charge in [0, 0.05) is 39.5 Å². The molecule has 1 unspecified atom stereocenters. The van der Waals surface area contributed by atoms with Gasteiger partial charge in [0.2, 0.25) is 11.7 Å². The summed E-state index contributed by atoms with van der Waals surface area (Å²) >= 11 is 6.10. The van der Waals surface area contributed by atoms with Crippen molar-refractivity contribution in [3.05, 3.63) is 73.3 Å². The number of carbonyl (C=O) groups excluding carboxylic acids is 1. The summed E-state index contributed by atoms with van der Waals surface area (Å²) in [6.07, 6.45) is -3.91. The number of hydrogen-bond acceptors (Lipinski definition) is 8. The van der Waals surface area contributed by atoms with E-state index in [0.717, 1.165) is 22.2 Å². The standard InChI is InChI=1S/C32H34ClF6N9O4/c1-3-23-26(45-12-10-44(11-13-45)24-15-40-47(28(24)50)17-31(34,35)36)29(51)48-30(42-27(43-48)18-4-7-20(52-2)8-5-18)46(23)16-25(49)41-22-9-6-19(14-21(22)33)32(37,38)39/h4,6,9,14-15,20,40H,3,5,7-8,10-13,16-17H2,1-2H3,(H,41,49). The first kappa shape index (κ1) is 37.0. The first-order valence-electron chi connectivity index (χ1n) is 16.3. The van der Waals surface area contributed by atoms with Gasteiger partial charge < -0.3 is 29.5 Å². The van der Waals surface area contributed by atoms with Gasteiger partial charge in [0.05, 0.1) is 28.1 Å². The van der Waals surface area contributed by atoms with Crippen LogP contribution < -0.4 is 26.2 Å². The number of benzene rings is 1. The average molecular weight is 758 g/mol. The molecule has 52 heavy (non-hydrogen) atoms. The van der Waals surface area contributed by atoms with Crippen molar-refractivity contribution in [3.8, 4) is 0 Å². The Hall–Kier alpha value is -4.78. The van der Waals surface area contributed by atoms with E-state index in [1.807, 2.05) is 6.08 Å². The Morgan fingerprint density at radius 1 is 1.08 bits per heavy atom. The van der Waals surface area contributed by atoms with Crippen LogP contribution in [0.15, 0.2) is 40.1 Å². The van der Waals surface area contributed by atoms with Gasteiger partial charge in [-0.3, -0.25) is 14.4 Å². The van der Waals surface area contributed by atoms with E-state index in [-0.39, 0.29) is 66.6 Å². The highest BCUT2D eigenvalue weighted by atomic mass is 35.5. The third-order valence-corrected chi connectivity index (χ3v) is 9.42. The number of aromatic nitrogens is 6. The quantitative estimate of drug-likeness (QED) is 0.234. The molecule has 4 aromatic rings. The summed E-state index contributed by atoms with van der Waals surface area (Å²) in [5, 5.41) is 9.14. The molecule has 1 aromatic carbocycles. The van der Waals surface area contributed by atoms with Crippen LogP contribution in [0.5, 0.6) is 0 Å². The zero-order valence-electron chi connectivity index (χ0n) is 27.9. The fourth-order valence-electron chi connectivity index (χ4n) is 6.51. The molecule has 6 rings (SSSR count). The Morgan fingerprint density at radius 2 is 1.79 bits per heavy atom. The summed E-state index contributed by atoms with van der Waals surface area (Å²) in [7, 11) is 1.62. The highest BCUT2D eigenvalue weighted by molar-refractivity contribution is 6.33. The smallest absolute Gasteiger partial charge is 0.381 e. The first-order chi connectivity index (χ1) is 24.6. The number of H-pyrrole nitrogens is 1. The maximum absolute atomic E-state index is 14.2. The van der Waals surface area contributed by atoms with Gasteiger partial charge in [-0.1, -0.05) is 24.6 Å². The molecular formula is C32H34ClF6N9O4. The number of alkyl halides is 6. The predicted molar refractivity (Wildman–Crippen MR) is 180 cm³/mol. The minimum atomic E-state index is -4.64. The fraction of sp³-hybridized carbons (Fsp3) is 0.469. The summed E-state index contributed by atoms with van der Waals surface area (Å²) in [4.78, 5) is 48.5. The van der Waals surface area contributed by atoms with Gasteiger partial charge >= 0.3 is 12.4 Å². The Morgan fingerprint density at radius 3 is 2.38 bits per heavy atom. The van der Waals surface area contributed by atoms with Crippen molar-refractivity contribution in [2.45, 2.75) is 64.2 Å². The molecule has 280 valence electrons. The van der Waals surface area contributed by atoms with E-state index < -0.39 is 48.0 Å². The van der Waals surface area contributed by atoms with E-state index >= 15 is 0 Å². The maximum Gasteiger partial charge on any atom is 0.416 e. The molecule has 13 nitrogen and oxygen atoms in total. The van der Waals surface area contributed by atoms with Crippen LogP contribution in [0.1, 0.15) is 43.3 Å². The molecule has 1 saturated heterocycles. The minimum Gasteiger partial charge on any atom is -0.381 e. The fourth-order valence-corrected chi connectivity index (χ4v) is 6.74. The van der Waals surface area contributed by atoms with Crippen molar-refractivity contribution in [2.24, 2.45) is 0 Å². The van der Waals surface area contributed by atoms with Gasteiger partial charge in [-0.25, -0.2) is 4.68 Å². The summed E-state index contributed by atoms with van der Waals surface area (Å²) in [6.45, 7) is 0.647. The maximum atomic E-state index is 14.2. The number of methoxy groups -OCH3 is 1. The molecule has 20 heteroatoms. The van der Waals surface area contributed by atoms with Crippen molar-refractivity contribution < 1.29 is 35.9 Å². The monoisotopic (exact) mass is 757 g/mol. The molecule has 1 aliphatic heterocycles. The average Bonchev–Trinajstić information content (AvgIpc) is 3.70. The number of rotatable bonds is 9. The van der Waals surface area contributed by atoms with E-state index in [2.05, 4.69) is 20.5 Å². The molecule has 0 bridgehead atoms. The van der Waals surface area contributed by atoms with Crippen LogP contribution in [0.4, 0.5) is 43.4 Å². The normalized spacial score (nSPS) is 17.2. The van der Waals surface area contributed by atoms with Crippen molar-refractivity contribution in [2.75, 3.05) is 48.4 Å². The van der Waals surface area contributed by atoms with Crippen LogP contribution in [-0.4, -0.2) is 80.4 Å². The Bertz CT molecular complexity index is 2130. The molecule has 2 N–H and O–H groups in total. The van der Waals surface area contributed by atoms with Crippen molar-refractivity contribution >= 4 is 45.9 Å². The van der Waals surface area contributed by atoms with E-state index in [0.29, 0.717) is 41.5 Å². The first-order valence-corrected chi connectivity index (χ1v) is 16.7. The van der Waals surface area contributed by atoms with Gasteiger partial charge in [0.25, 0.3) is 11.1 Å². The van der Waals surface area contributed by atoms with Crippen LogP contribution in [0.2, 0.25) is 5.02 Å². The van der Waals surface area contributed by atoms with Gasteiger partial charge in [0.15, 0.2) is 5.82 Å². The Balaban J connectivity index is 1.34. The van der Waals surface area contributed by atoms with Crippen molar-refractivity contribution in [1.82, 2.24) is 28.9 Å². The summed E-state index contributed by atoms with van der Waals surface area (Å²) in [6, 6.07) is 2.56. The lowest BCUT2D eigenvalue weighted by molar-refractivity contribution is -0.143. The van der Waals surface area contributed by atoms with Gasteiger partial charge in [-0.05, 0) is 49.5 Å². The molecule has 1 atom stereocenters. The Labute approximate surface area is 296 Å². The molecule has 2 aliphatic rings. The van der Waals surface area contributed by atoms with E-state index in [1.54, 1.807) is 23.8 Å². The summed E-state index contributed by atoms with van der Waals surface area (Å²) < 4.78 is 87.0. The largest absolute Gasteiger partial charge is 0.416 e. The second-order valence-electron chi connectivity index (χ2n) is 12.4. The van der Waals surface area contributed by atoms with Crippen LogP contribution >= 0.6 is 11.6 Å². The van der Waals surface area contributed by atoms with Gasteiger partial charge in [-0.2, -0.15) is 35.8 Å². The number of hydrogen-bond donors (Lipinski definition) is 2. The zero-order chi connectivity index (χ0) is 37.5. The SMILES string of the molecule is CCc1c(N2CCN(c3c[nH]n(CC(F)(F)F)c3=O)CC2)c(=O)n2nc(C3=CCC(OC)CC3)nc2n1CC(=O)Nc1ccc(C(F)(F)F)cc1Cl. The summed E-state index contributed by atoms with van der Waals surface area (Å²) in [5.41, 5.74) is -0.884. The molecule has 1 fully saturated rings. The second kappa shape index (κ2) is 14.3. The number of carbonyl (C=O) groups is 1. The molecule has 0 saturated carbocycles. The number of fused-ring (bicyclic) bond motifs is 1.